The number of carbonyl (C=O) groups is 1. The van der Waals surface area contributed by atoms with Gasteiger partial charge in [0.2, 0.25) is 5.91 Å². The molecule has 3 aliphatic rings. The van der Waals surface area contributed by atoms with Gasteiger partial charge in [0.05, 0.1) is 18.3 Å². The smallest absolute Gasteiger partial charge is 0.234 e. The van der Waals surface area contributed by atoms with Crippen LogP contribution in [0, 0.1) is 0 Å². The molecule has 3 heterocycles. The first-order chi connectivity index (χ1) is 10.3. The molecule has 0 bridgehead atoms. The number of amides is 1. The summed E-state index contributed by atoms with van der Waals surface area (Å²) >= 11 is 3.32. The lowest BCUT2D eigenvalue weighted by molar-refractivity contribution is -0.120. The molecular weight excluding hydrogens is 302 g/mol. The monoisotopic (exact) mass is 317 g/mol. The van der Waals surface area contributed by atoms with Gasteiger partial charge in [0.15, 0.2) is 5.17 Å². The molecule has 0 aliphatic carbocycles. The molecule has 3 aliphatic heterocycles. The zero-order valence-corrected chi connectivity index (χ0v) is 13.0. The Morgan fingerprint density at radius 1 is 1.43 bits per heavy atom. The first-order valence-corrected chi connectivity index (χ1v) is 8.77. The molecule has 1 amide bonds. The van der Waals surface area contributed by atoms with E-state index in [2.05, 4.69) is 32.7 Å². The molecule has 1 aromatic rings. The van der Waals surface area contributed by atoms with E-state index in [0.29, 0.717) is 6.54 Å². The molecule has 0 spiro atoms. The number of aliphatic imine (C=N–C) groups is 1. The fourth-order valence-corrected chi connectivity index (χ4v) is 4.91. The average Bonchev–Trinajstić information content (AvgIpc) is 3.19. The number of hydrogen-bond acceptors (Lipinski definition) is 5. The van der Waals surface area contributed by atoms with Crippen molar-refractivity contribution in [3.63, 3.8) is 0 Å². The summed E-state index contributed by atoms with van der Waals surface area (Å²) in [4.78, 5) is 20.2. The molecule has 21 heavy (non-hydrogen) atoms. The van der Waals surface area contributed by atoms with Crippen molar-refractivity contribution in [2.45, 2.75) is 16.6 Å². The second-order valence-electron chi connectivity index (χ2n) is 5.18. The minimum Gasteiger partial charge on any atom is -0.350 e. The number of thioether (sulfide) groups is 2. The van der Waals surface area contributed by atoms with Crippen LogP contribution in [0.4, 0.5) is 0 Å². The molecule has 0 saturated carbocycles. The average molecular weight is 317 g/mol. The van der Waals surface area contributed by atoms with Crippen molar-refractivity contribution in [3.05, 3.63) is 40.9 Å². The van der Waals surface area contributed by atoms with Crippen LogP contribution in [-0.2, 0) is 11.2 Å². The number of benzene rings is 1. The normalized spacial score (nSPS) is 22.7. The Morgan fingerprint density at radius 3 is 3.24 bits per heavy atom. The fraction of sp³-hybridized carbons (Fsp3) is 0.333. The van der Waals surface area contributed by atoms with Gasteiger partial charge in [-0.3, -0.25) is 9.79 Å². The van der Waals surface area contributed by atoms with Crippen LogP contribution in [0.25, 0.3) is 0 Å². The molecule has 4 nitrogen and oxygen atoms in total. The summed E-state index contributed by atoms with van der Waals surface area (Å²) in [5.41, 5.74) is 2.44. The Morgan fingerprint density at radius 2 is 2.33 bits per heavy atom. The summed E-state index contributed by atoms with van der Waals surface area (Å²) in [7, 11) is 0. The molecule has 1 N–H and O–H groups in total. The highest BCUT2D eigenvalue weighted by Gasteiger charge is 2.30. The van der Waals surface area contributed by atoms with Crippen molar-refractivity contribution in [2.24, 2.45) is 4.99 Å². The number of rotatable bonds is 3. The van der Waals surface area contributed by atoms with Crippen LogP contribution in [0.5, 0.6) is 0 Å². The summed E-state index contributed by atoms with van der Waals surface area (Å²) in [5, 5.41) is 6.24. The zero-order chi connectivity index (χ0) is 14.2. The lowest BCUT2D eigenvalue weighted by atomic mass is 10.1. The third kappa shape index (κ3) is 2.46. The largest absolute Gasteiger partial charge is 0.350 e. The number of nitrogens with one attached hydrogen (secondary N) is 1. The van der Waals surface area contributed by atoms with E-state index in [1.807, 2.05) is 12.1 Å². The topological polar surface area (TPSA) is 44.7 Å². The number of hydrogen-bond donors (Lipinski definition) is 1. The molecular formula is C15H15N3OS2. The number of carbonyl (C=O) groups excluding carboxylic acids is 1. The van der Waals surface area contributed by atoms with Gasteiger partial charge in [0.25, 0.3) is 0 Å². The molecule has 0 saturated heterocycles. The minimum atomic E-state index is 0.00349. The summed E-state index contributed by atoms with van der Waals surface area (Å²) in [6, 6.07) is 8.27. The van der Waals surface area contributed by atoms with Gasteiger partial charge in [0.1, 0.15) is 0 Å². The molecule has 0 unspecified atom stereocenters. The molecule has 1 atom stereocenters. The van der Waals surface area contributed by atoms with Gasteiger partial charge in [-0.2, -0.15) is 0 Å². The molecule has 1 aromatic carbocycles. The molecule has 6 heteroatoms. The highest BCUT2D eigenvalue weighted by molar-refractivity contribution is 8.16. The third-order valence-electron chi connectivity index (χ3n) is 3.83. The van der Waals surface area contributed by atoms with E-state index in [1.165, 1.54) is 10.5 Å². The Labute approximate surface area is 132 Å². The van der Waals surface area contributed by atoms with Gasteiger partial charge in [-0.05, 0) is 18.1 Å². The summed E-state index contributed by atoms with van der Waals surface area (Å²) in [5.74, 6) is 0.131. The van der Waals surface area contributed by atoms with Gasteiger partial charge in [-0.1, -0.05) is 30.0 Å². The first-order valence-electron chi connectivity index (χ1n) is 7.01. The van der Waals surface area contributed by atoms with Gasteiger partial charge in [-0.25, -0.2) is 0 Å². The third-order valence-corrected chi connectivity index (χ3v) is 6.10. The Balaban J connectivity index is 1.35. The van der Waals surface area contributed by atoms with Crippen molar-refractivity contribution in [2.75, 3.05) is 19.6 Å². The second-order valence-corrected chi connectivity index (χ2v) is 7.26. The van der Waals surface area contributed by atoms with Gasteiger partial charge in [0, 0.05) is 22.5 Å². The predicted octanol–water partition coefficient (Wildman–Crippen LogP) is 2.08. The minimum absolute atomic E-state index is 0.00349. The van der Waals surface area contributed by atoms with Crippen molar-refractivity contribution in [1.82, 2.24) is 10.2 Å². The highest BCUT2D eigenvalue weighted by atomic mass is 32.2. The summed E-state index contributed by atoms with van der Waals surface area (Å²) in [6.07, 6.45) is 0.830. The van der Waals surface area contributed by atoms with Crippen LogP contribution in [-0.4, -0.2) is 40.9 Å². The van der Waals surface area contributed by atoms with Crippen LogP contribution in [0.1, 0.15) is 5.56 Å². The lowest BCUT2D eigenvalue weighted by Crippen LogP contribution is -2.36. The van der Waals surface area contributed by atoms with E-state index < -0.39 is 0 Å². The van der Waals surface area contributed by atoms with Gasteiger partial charge >= 0.3 is 0 Å². The van der Waals surface area contributed by atoms with E-state index in [1.54, 1.807) is 23.5 Å². The van der Waals surface area contributed by atoms with Gasteiger partial charge in [-0.15, -0.1) is 11.8 Å². The first kappa shape index (κ1) is 13.3. The van der Waals surface area contributed by atoms with Crippen molar-refractivity contribution >= 4 is 34.6 Å². The molecule has 4 rings (SSSR count). The van der Waals surface area contributed by atoms with Crippen LogP contribution >= 0.6 is 23.5 Å². The number of nitrogens with zero attached hydrogens (tertiary/aromatic N) is 2. The van der Waals surface area contributed by atoms with Crippen molar-refractivity contribution in [1.29, 1.82) is 0 Å². The number of fused-ring (bicyclic) bond motifs is 2. The van der Waals surface area contributed by atoms with Crippen LogP contribution in [0.15, 0.2) is 45.3 Å². The lowest BCUT2D eigenvalue weighted by Gasteiger charge is -2.17. The highest BCUT2D eigenvalue weighted by Crippen LogP contribution is 2.36. The van der Waals surface area contributed by atoms with E-state index in [4.69, 9.17) is 0 Å². The molecule has 0 radical (unpaired) electrons. The van der Waals surface area contributed by atoms with Crippen molar-refractivity contribution < 1.29 is 4.79 Å². The summed E-state index contributed by atoms with van der Waals surface area (Å²) in [6.45, 7) is 2.40. The Kier molecular flexibility index (Phi) is 3.43. The predicted molar refractivity (Wildman–Crippen MR) is 87.5 cm³/mol. The standard InChI is InChI=1S/C15H15N3OS2/c19-14(13-7-10-3-1-2-4-12(10)21-13)17-8-11-9-20-15-16-5-6-18(11)15/h1-4,9,13H,5-8H2,(H,17,19)/t13-/m0/s1. The van der Waals surface area contributed by atoms with Crippen LogP contribution in [0.2, 0.25) is 0 Å². The maximum absolute atomic E-state index is 12.3. The Hall–Kier alpha value is -1.40. The Bertz CT molecular complexity index is 631. The molecule has 108 valence electrons. The fourth-order valence-electron chi connectivity index (χ4n) is 2.74. The van der Waals surface area contributed by atoms with E-state index in [9.17, 15) is 4.79 Å². The van der Waals surface area contributed by atoms with E-state index in [0.717, 1.165) is 30.4 Å². The second kappa shape index (κ2) is 5.42. The quantitative estimate of drug-likeness (QED) is 0.927. The van der Waals surface area contributed by atoms with Crippen LogP contribution in [0.3, 0.4) is 0 Å². The SMILES string of the molecule is O=C(NCC1=CSC2=NCCN12)[C@@H]1Cc2ccccc2S1. The maximum Gasteiger partial charge on any atom is 0.234 e. The molecule has 0 fully saturated rings. The van der Waals surface area contributed by atoms with Crippen molar-refractivity contribution in [3.8, 4) is 0 Å². The van der Waals surface area contributed by atoms with E-state index >= 15 is 0 Å². The van der Waals surface area contributed by atoms with E-state index in [-0.39, 0.29) is 11.2 Å². The molecule has 0 aromatic heterocycles. The maximum atomic E-state index is 12.3. The van der Waals surface area contributed by atoms with Gasteiger partial charge < -0.3 is 10.2 Å². The number of amidine groups is 1. The zero-order valence-electron chi connectivity index (χ0n) is 11.4. The van der Waals surface area contributed by atoms with Crippen LogP contribution < -0.4 is 5.32 Å². The summed E-state index contributed by atoms with van der Waals surface area (Å²) < 4.78 is 0.